The molecule has 2 fully saturated rings. The molecule has 1 N–H and O–H groups in total. The van der Waals surface area contributed by atoms with Crippen LogP contribution in [0.25, 0.3) is 10.8 Å². The van der Waals surface area contributed by atoms with Crippen molar-refractivity contribution >= 4 is 32.6 Å². The Bertz CT molecular complexity index is 1100. The molecule has 2 aliphatic heterocycles. The molecular weight excluding hydrogens is 438 g/mol. The van der Waals surface area contributed by atoms with Crippen LogP contribution < -0.4 is 5.32 Å². The minimum atomic E-state index is -3.17. The zero-order valence-electron chi connectivity index (χ0n) is 19.2. The second kappa shape index (κ2) is 10.2. The molecule has 2 aromatic rings. The third-order valence-electron chi connectivity index (χ3n) is 6.83. The average Bonchev–Trinajstić information content (AvgIpc) is 2.83. The first-order chi connectivity index (χ1) is 15.9. The van der Waals surface area contributed by atoms with E-state index in [0.717, 1.165) is 10.8 Å². The van der Waals surface area contributed by atoms with Crippen molar-refractivity contribution in [3.8, 4) is 0 Å². The second-order valence-corrected chi connectivity index (χ2v) is 11.2. The highest BCUT2D eigenvalue weighted by molar-refractivity contribution is 7.89. The molecule has 2 aromatic carbocycles. The number of sulfonamides is 1. The standard InChI is InChI=1S/C25H33N3O4S/c1-2-18-33(31,32)28-16-12-21(13-17-28)26-24(29)20-10-14-27(15-11-20)25(30)23-9-5-7-19-6-3-4-8-22(19)23/h3-9,20-21H,2,10-18H2,1H3,(H,26,29). The van der Waals surface area contributed by atoms with Gasteiger partial charge in [-0.2, -0.15) is 0 Å². The third kappa shape index (κ3) is 5.38. The molecule has 0 aliphatic carbocycles. The molecule has 0 radical (unpaired) electrons. The predicted molar refractivity (Wildman–Crippen MR) is 129 cm³/mol. The van der Waals surface area contributed by atoms with E-state index in [1.165, 1.54) is 0 Å². The van der Waals surface area contributed by atoms with Gasteiger partial charge in [-0.15, -0.1) is 0 Å². The molecule has 2 amide bonds. The fourth-order valence-corrected chi connectivity index (χ4v) is 6.45. The van der Waals surface area contributed by atoms with Crippen LogP contribution in [0.3, 0.4) is 0 Å². The SMILES string of the molecule is CCCS(=O)(=O)N1CCC(NC(=O)C2CCN(C(=O)c3cccc4ccccc34)CC2)CC1. The van der Waals surface area contributed by atoms with Crippen LogP contribution in [-0.2, 0) is 14.8 Å². The number of benzene rings is 2. The molecule has 2 heterocycles. The number of amides is 2. The number of hydrogen-bond donors (Lipinski definition) is 1. The zero-order valence-corrected chi connectivity index (χ0v) is 20.0. The Morgan fingerprint density at radius 1 is 0.939 bits per heavy atom. The van der Waals surface area contributed by atoms with E-state index in [9.17, 15) is 18.0 Å². The molecule has 0 spiro atoms. The number of rotatable bonds is 6. The molecule has 0 atom stereocenters. The van der Waals surface area contributed by atoms with Gasteiger partial charge in [-0.05, 0) is 48.9 Å². The Morgan fingerprint density at radius 2 is 1.61 bits per heavy atom. The lowest BCUT2D eigenvalue weighted by molar-refractivity contribution is -0.127. The summed E-state index contributed by atoms with van der Waals surface area (Å²) < 4.78 is 26.0. The number of carbonyl (C=O) groups is 2. The zero-order chi connectivity index (χ0) is 23.4. The van der Waals surface area contributed by atoms with Gasteiger partial charge in [0.05, 0.1) is 5.75 Å². The highest BCUT2D eigenvalue weighted by Gasteiger charge is 2.32. The molecule has 2 saturated heterocycles. The van der Waals surface area contributed by atoms with Gasteiger partial charge in [-0.1, -0.05) is 43.3 Å². The lowest BCUT2D eigenvalue weighted by atomic mass is 9.94. The van der Waals surface area contributed by atoms with E-state index >= 15 is 0 Å². The summed E-state index contributed by atoms with van der Waals surface area (Å²) in [5, 5.41) is 5.13. The molecule has 2 aliphatic rings. The lowest BCUT2D eigenvalue weighted by Gasteiger charge is -2.34. The van der Waals surface area contributed by atoms with Crippen molar-refractivity contribution in [3.05, 3.63) is 48.0 Å². The first kappa shape index (κ1) is 23.7. The van der Waals surface area contributed by atoms with Crippen LogP contribution in [-0.4, -0.2) is 67.4 Å². The molecule has 178 valence electrons. The predicted octanol–water partition coefficient (Wildman–Crippen LogP) is 3.01. The molecule has 0 unspecified atom stereocenters. The van der Waals surface area contributed by atoms with Gasteiger partial charge in [-0.3, -0.25) is 9.59 Å². The third-order valence-corrected chi connectivity index (χ3v) is 8.90. The number of nitrogens with one attached hydrogen (secondary N) is 1. The number of nitrogens with zero attached hydrogens (tertiary/aromatic N) is 2. The highest BCUT2D eigenvalue weighted by atomic mass is 32.2. The van der Waals surface area contributed by atoms with Gasteiger partial charge in [0.1, 0.15) is 0 Å². The summed E-state index contributed by atoms with van der Waals surface area (Å²) >= 11 is 0. The van der Waals surface area contributed by atoms with Gasteiger partial charge >= 0.3 is 0 Å². The Hall–Kier alpha value is -2.45. The maximum absolute atomic E-state index is 13.1. The van der Waals surface area contributed by atoms with Crippen LogP contribution in [0.2, 0.25) is 0 Å². The second-order valence-electron chi connectivity index (χ2n) is 9.09. The van der Waals surface area contributed by atoms with E-state index in [2.05, 4.69) is 5.32 Å². The summed E-state index contributed by atoms with van der Waals surface area (Å²) in [4.78, 5) is 27.8. The molecule has 0 bridgehead atoms. The molecule has 7 nitrogen and oxygen atoms in total. The minimum absolute atomic E-state index is 0.0147. The van der Waals surface area contributed by atoms with E-state index < -0.39 is 10.0 Å². The lowest BCUT2D eigenvalue weighted by Crippen LogP contribution is -2.49. The van der Waals surface area contributed by atoms with E-state index in [-0.39, 0.29) is 29.5 Å². The fourth-order valence-electron chi connectivity index (χ4n) is 4.91. The van der Waals surface area contributed by atoms with Gasteiger partial charge in [0.15, 0.2) is 0 Å². The summed E-state index contributed by atoms with van der Waals surface area (Å²) in [6.07, 6.45) is 3.19. The van der Waals surface area contributed by atoms with Gasteiger partial charge in [0.2, 0.25) is 15.9 Å². The molecule has 4 rings (SSSR count). The first-order valence-corrected chi connectivity index (χ1v) is 13.5. The van der Waals surface area contributed by atoms with E-state index in [0.29, 0.717) is 63.8 Å². The topological polar surface area (TPSA) is 86.8 Å². The molecule has 33 heavy (non-hydrogen) atoms. The van der Waals surface area contributed by atoms with Gasteiger partial charge in [0.25, 0.3) is 5.91 Å². The van der Waals surface area contributed by atoms with Gasteiger partial charge in [0, 0.05) is 43.7 Å². The Balaban J connectivity index is 1.28. The fraction of sp³-hybridized carbons (Fsp3) is 0.520. The number of likely N-dealkylation sites (tertiary alicyclic amines) is 1. The average molecular weight is 472 g/mol. The van der Waals surface area contributed by atoms with Crippen molar-refractivity contribution in [1.29, 1.82) is 0 Å². The van der Waals surface area contributed by atoms with Crippen LogP contribution in [0.4, 0.5) is 0 Å². The summed E-state index contributed by atoms with van der Waals surface area (Å²) in [6.45, 7) is 3.92. The van der Waals surface area contributed by atoms with E-state index in [1.807, 2.05) is 54.3 Å². The Labute approximate surface area is 196 Å². The smallest absolute Gasteiger partial charge is 0.254 e. The van der Waals surface area contributed by atoms with Crippen molar-refractivity contribution in [1.82, 2.24) is 14.5 Å². The van der Waals surface area contributed by atoms with Crippen molar-refractivity contribution in [2.45, 2.75) is 45.1 Å². The van der Waals surface area contributed by atoms with Crippen molar-refractivity contribution in [3.63, 3.8) is 0 Å². The van der Waals surface area contributed by atoms with E-state index in [1.54, 1.807) is 4.31 Å². The quantitative estimate of drug-likeness (QED) is 0.702. The summed E-state index contributed by atoms with van der Waals surface area (Å²) in [5.74, 6) is 0.122. The Kier molecular flexibility index (Phi) is 7.34. The number of carbonyl (C=O) groups excluding carboxylic acids is 2. The summed E-state index contributed by atoms with van der Waals surface area (Å²) in [7, 11) is -3.17. The van der Waals surface area contributed by atoms with Crippen LogP contribution in [0.15, 0.2) is 42.5 Å². The minimum Gasteiger partial charge on any atom is -0.353 e. The largest absolute Gasteiger partial charge is 0.353 e. The molecule has 8 heteroatoms. The monoisotopic (exact) mass is 471 g/mol. The number of fused-ring (bicyclic) bond motifs is 1. The Morgan fingerprint density at radius 3 is 2.30 bits per heavy atom. The summed E-state index contributed by atoms with van der Waals surface area (Å²) in [5.41, 5.74) is 0.709. The van der Waals surface area contributed by atoms with Crippen molar-refractivity contribution in [2.75, 3.05) is 31.9 Å². The maximum atomic E-state index is 13.1. The van der Waals surface area contributed by atoms with Crippen molar-refractivity contribution < 1.29 is 18.0 Å². The first-order valence-electron chi connectivity index (χ1n) is 11.9. The van der Waals surface area contributed by atoms with E-state index in [4.69, 9.17) is 0 Å². The van der Waals surface area contributed by atoms with Crippen LogP contribution in [0.5, 0.6) is 0 Å². The number of hydrogen-bond acceptors (Lipinski definition) is 4. The normalized spacial score (nSPS) is 19.0. The van der Waals surface area contributed by atoms with Crippen molar-refractivity contribution in [2.24, 2.45) is 5.92 Å². The van der Waals surface area contributed by atoms with Gasteiger partial charge < -0.3 is 10.2 Å². The van der Waals surface area contributed by atoms with Crippen LogP contribution in [0, 0.1) is 5.92 Å². The van der Waals surface area contributed by atoms with Crippen LogP contribution in [0.1, 0.15) is 49.4 Å². The number of piperidine rings is 2. The molecule has 0 aromatic heterocycles. The van der Waals surface area contributed by atoms with Crippen LogP contribution >= 0.6 is 0 Å². The molecular formula is C25H33N3O4S. The molecule has 0 saturated carbocycles. The maximum Gasteiger partial charge on any atom is 0.254 e. The summed E-state index contributed by atoms with van der Waals surface area (Å²) in [6, 6.07) is 13.7. The van der Waals surface area contributed by atoms with Gasteiger partial charge in [-0.25, -0.2) is 12.7 Å². The highest BCUT2D eigenvalue weighted by Crippen LogP contribution is 2.24.